The van der Waals surface area contributed by atoms with E-state index in [1.807, 2.05) is 30.5 Å². The average molecular weight is 422 g/mol. The van der Waals surface area contributed by atoms with Gasteiger partial charge in [0.05, 0.1) is 12.5 Å². The van der Waals surface area contributed by atoms with Gasteiger partial charge in [-0.1, -0.05) is 38.5 Å². The molecule has 0 radical (unpaired) electrons. The number of carboxylic acids is 1. The highest BCUT2D eigenvalue weighted by Crippen LogP contribution is 2.18. The number of rotatable bonds is 7. The van der Waals surface area contributed by atoms with E-state index in [2.05, 4.69) is 24.1 Å². The number of amides is 1. The summed E-state index contributed by atoms with van der Waals surface area (Å²) in [7, 11) is 1.74. The van der Waals surface area contributed by atoms with Gasteiger partial charge >= 0.3 is 5.97 Å². The number of carbonyl (C=O) groups excluding carboxylic acids is 3. The monoisotopic (exact) mass is 421 g/mol. The van der Waals surface area contributed by atoms with Crippen molar-refractivity contribution in [3.63, 3.8) is 0 Å². The number of hydrogen-bond donors (Lipinski definition) is 4. The lowest BCUT2D eigenvalue weighted by Crippen LogP contribution is -2.40. The van der Waals surface area contributed by atoms with Gasteiger partial charge in [-0.25, -0.2) is 0 Å². The highest BCUT2D eigenvalue weighted by Gasteiger charge is 2.15. The lowest BCUT2D eigenvalue weighted by atomic mass is 10.0. The number of likely N-dealkylation sites (N-methyl/N-ethyl adjacent to an activating group) is 1. The number of nitrogens with two attached hydrogens (primary N) is 1. The molecule has 0 aliphatic rings. The predicted octanol–water partition coefficient (Wildman–Crippen LogP) is 2.85. The Kier molecular flexibility index (Phi) is 17.6. The second kappa shape index (κ2) is 18.1. The van der Waals surface area contributed by atoms with Crippen LogP contribution in [0.4, 0.5) is 0 Å². The van der Waals surface area contributed by atoms with Gasteiger partial charge in [0.25, 0.3) is 0 Å². The summed E-state index contributed by atoms with van der Waals surface area (Å²) in [5, 5.41) is 11.9. The molecule has 0 spiro atoms. The fraction of sp³-hybridized carbons (Fsp3) is 0.455. The Bertz CT molecular complexity index is 767. The van der Waals surface area contributed by atoms with Crippen molar-refractivity contribution < 1.29 is 24.3 Å². The molecule has 168 valence electrons. The standard InChI is InChI=1S/C12H15N3O.C4H6O3.C3H6O.C3H8/c1-14-11(12(13)16)6-8-7-15-10-5-3-2-4-9(8)10;5-3-1-2-4(6)7;1-3(2)4;1-3-2/h2-5,7,11,14-15H,6H2,1H3,(H2,13,16);3H,1-2H2,(H,6,7);1-2H3;3H2,1-2H3/t11-;;;/m0.../s1. The SMILES string of the molecule is CC(C)=O.CCC.CN[C@@H](Cc1c[nH]c2ccccc12)C(N)=O.O=CCCC(=O)O. The molecule has 2 rings (SSSR count). The first-order chi connectivity index (χ1) is 14.1. The molecule has 0 saturated carbocycles. The van der Waals surface area contributed by atoms with Gasteiger partial charge in [-0.2, -0.15) is 0 Å². The number of carbonyl (C=O) groups is 4. The van der Waals surface area contributed by atoms with Gasteiger partial charge in [0.2, 0.25) is 5.91 Å². The van der Waals surface area contributed by atoms with Crippen LogP contribution in [0.5, 0.6) is 0 Å². The smallest absolute Gasteiger partial charge is 0.303 e. The minimum absolute atomic E-state index is 0.0521. The third-order valence-electron chi connectivity index (χ3n) is 3.27. The number of hydrogen-bond acceptors (Lipinski definition) is 5. The van der Waals surface area contributed by atoms with E-state index in [0.29, 0.717) is 12.7 Å². The number of carboxylic acid groups (broad SMARTS) is 1. The molecule has 0 fully saturated rings. The summed E-state index contributed by atoms with van der Waals surface area (Å²) in [6, 6.07) is 7.69. The Morgan fingerprint density at radius 2 is 1.73 bits per heavy atom. The number of primary amides is 1. The Labute approximate surface area is 178 Å². The quantitative estimate of drug-likeness (QED) is 0.506. The second-order valence-corrected chi connectivity index (χ2v) is 6.52. The molecule has 0 aliphatic carbocycles. The highest BCUT2D eigenvalue weighted by atomic mass is 16.4. The van der Waals surface area contributed by atoms with Crippen molar-refractivity contribution in [3.05, 3.63) is 36.0 Å². The summed E-state index contributed by atoms with van der Waals surface area (Å²) in [6.07, 6.45) is 4.45. The number of aliphatic carboxylic acids is 1. The maximum Gasteiger partial charge on any atom is 0.303 e. The highest BCUT2D eigenvalue weighted by molar-refractivity contribution is 5.85. The summed E-state index contributed by atoms with van der Waals surface area (Å²) >= 11 is 0. The number of ketones is 1. The fourth-order valence-electron chi connectivity index (χ4n) is 2.05. The van der Waals surface area contributed by atoms with E-state index in [0.717, 1.165) is 16.5 Å². The van der Waals surface area contributed by atoms with Crippen LogP contribution in [0.15, 0.2) is 30.5 Å². The first-order valence-electron chi connectivity index (χ1n) is 9.78. The summed E-state index contributed by atoms with van der Waals surface area (Å²) in [6.45, 7) is 7.31. The molecule has 0 bridgehead atoms. The first-order valence-corrected chi connectivity index (χ1v) is 9.78. The molecule has 1 heterocycles. The Morgan fingerprint density at radius 3 is 2.13 bits per heavy atom. The minimum atomic E-state index is -0.924. The number of fused-ring (bicyclic) bond motifs is 1. The van der Waals surface area contributed by atoms with Crippen molar-refractivity contribution in [1.82, 2.24) is 10.3 Å². The lowest BCUT2D eigenvalue weighted by molar-refractivity contribution is -0.137. The topological polar surface area (TPSA) is 142 Å². The molecule has 0 saturated heterocycles. The van der Waals surface area contributed by atoms with E-state index in [-0.39, 0.29) is 30.6 Å². The molecule has 30 heavy (non-hydrogen) atoms. The zero-order valence-electron chi connectivity index (χ0n) is 18.5. The van der Waals surface area contributed by atoms with Gasteiger partial charge < -0.3 is 30.7 Å². The molecule has 2 aromatic rings. The van der Waals surface area contributed by atoms with Crippen molar-refractivity contribution in [2.75, 3.05) is 7.05 Å². The summed E-state index contributed by atoms with van der Waals surface area (Å²) < 4.78 is 0. The van der Waals surface area contributed by atoms with Crippen molar-refractivity contribution >= 4 is 34.8 Å². The maximum absolute atomic E-state index is 11.1. The number of aromatic nitrogens is 1. The third kappa shape index (κ3) is 15.0. The Hall–Kier alpha value is -3.00. The van der Waals surface area contributed by atoms with E-state index >= 15 is 0 Å². The predicted molar refractivity (Wildman–Crippen MR) is 119 cm³/mol. The molecule has 1 aromatic heterocycles. The lowest BCUT2D eigenvalue weighted by Gasteiger charge is -2.10. The Morgan fingerprint density at radius 1 is 1.20 bits per heavy atom. The van der Waals surface area contributed by atoms with Crippen molar-refractivity contribution in [1.29, 1.82) is 0 Å². The van der Waals surface area contributed by atoms with E-state index in [9.17, 15) is 19.2 Å². The molecule has 5 N–H and O–H groups in total. The normalized spacial score (nSPS) is 10.2. The number of H-pyrrole nitrogens is 1. The van der Waals surface area contributed by atoms with Crippen LogP contribution in [-0.2, 0) is 25.6 Å². The Balaban J connectivity index is 0. The number of aldehydes is 1. The van der Waals surface area contributed by atoms with Gasteiger partial charge in [0, 0.05) is 23.5 Å². The molecule has 1 amide bonds. The zero-order chi connectivity index (χ0) is 23.5. The zero-order valence-corrected chi connectivity index (χ0v) is 18.5. The first kappa shape index (κ1) is 29.2. The number of benzene rings is 1. The van der Waals surface area contributed by atoms with Crippen LogP contribution < -0.4 is 11.1 Å². The van der Waals surface area contributed by atoms with Gasteiger partial charge in [-0.15, -0.1) is 0 Å². The number of Topliss-reactive ketones (excluding diaryl/α,β-unsaturated/α-hetero) is 1. The maximum atomic E-state index is 11.1. The molecule has 1 atom stereocenters. The molecule has 8 nitrogen and oxygen atoms in total. The fourth-order valence-corrected chi connectivity index (χ4v) is 2.05. The van der Waals surface area contributed by atoms with Crippen molar-refractivity contribution in [2.24, 2.45) is 5.73 Å². The van der Waals surface area contributed by atoms with Crippen LogP contribution in [0, 0.1) is 0 Å². The molecule has 0 unspecified atom stereocenters. The number of aromatic amines is 1. The summed E-state index contributed by atoms with van der Waals surface area (Å²) in [5.41, 5.74) is 7.48. The number of para-hydroxylation sites is 1. The van der Waals surface area contributed by atoms with Crippen LogP contribution in [0.2, 0.25) is 0 Å². The molecular formula is C22H35N3O5. The van der Waals surface area contributed by atoms with E-state index in [4.69, 9.17) is 10.8 Å². The molecule has 0 aliphatic heterocycles. The summed E-state index contributed by atoms with van der Waals surface area (Å²) in [4.78, 5) is 42.8. The number of nitrogens with one attached hydrogen (secondary N) is 2. The van der Waals surface area contributed by atoms with Crippen molar-refractivity contribution in [3.8, 4) is 0 Å². The van der Waals surface area contributed by atoms with E-state index in [1.165, 1.54) is 20.3 Å². The molecule has 1 aromatic carbocycles. The van der Waals surface area contributed by atoms with Crippen LogP contribution in [0.3, 0.4) is 0 Å². The van der Waals surface area contributed by atoms with Crippen LogP contribution >= 0.6 is 0 Å². The second-order valence-electron chi connectivity index (χ2n) is 6.52. The third-order valence-corrected chi connectivity index (χ3v) is 3.27. The molecular weight excluding hydrogens is 386 g/mol. The molecule has 8 heteroatoms. The van der Waals surface area contributed by atoms with Crippen LogP contribution in [-0.4, -0.2) is 47.1 Å². The van der Waals surface area contributed by atoms with Crippen LogP contribution in [0.25, 0.3) is 10.9 Å². The average Bonchev–Trinajstić information content (AvgIpc) is 3.08. The van der Waals surface area contributed by atoms with Crippen LogP contribution in [0.1, 0.15) is 52.5 Å². The van der Waals surface area contributed by atoms with Gasteiger partial charge in [0.15, 0.2) is 0 Å². The summed E-state index contributed by atoms with van der Waals surface area (Å²) in [5.74, 6) is -1.08. The van der Waals surface area contributed by atoms with Gasteiger partial charge in [-0.05, 0) is 38.9 Å². The largest absolute Gasteiger partial charge is 0.481 e. The van der Waals surface area contributed by atoms with Crippen molar-refractivity contribution in [2.45, 2.75) is 59.4 Å². The van der Waals surface area contributed by atoms with E-state index in [1.54, 1.807) is 7.05 Å². The minimum Gasteiger partial charge on any atom is -0.481 e. The van der Waals surface area contributed by atoms with E-state index < -0.39 is 5.97 Å². The van der Waals surface area contributed by atoms with Gasteiger partial charge in [-0.3, -0.25) is 9.59 Å². The van der Waals surface area contributed by atoms with Gasteiger partial charge in [0.1, 0.15) is 12.1 Å².